The largest absolute Gasteiger partial charge is 0.387 e. The number of unbranched alkanes of at least 4 members (excludes halogenated alkanes) is 2. The molecule has 0 spiro atoms. The SMILES string of the molecule is OC(CC#CCCCCOC1CCCCO1)c1ccccc1. The molecule has 3 heteroatoms. The molecule has 3 nitrogen and oxygen atoms in total. The predicted octanol–water partition coefficient (Wildman–Crippen LogP) is 3.83. The zero-order valence-corrected chi connectivity index (χ0v) is 13.2. The molecular weight excluding hydrogens is 276 g/mol. The standard InChI is InChI=1S/C19H26O3/c20-18(17-11-5-4-6-12-17)13-7-2-1-3-9-15-21-19-14-8-10-16-22-19/h4-6,11-12,18-20H,1,3,8-10,13-16H2. The normalized spacial score (nSPS) is 19.2. The fraction of sp³-hybridized carbons (Fsp3) is 0.579. The second-order valence-electron chi connectivity index (χ2n) is 5.61. The van der Waals surface area contributed by atoms with Crippen LogP contribution in [0.2, 0.25) is 0 Å². The molecule has 1 saturated heterocycles. The summed E-state index contributed by atoms with van der Waals surface area (Å²) in [6.45, 7) is 1.58. The first-order chi connectivity index (χ1) is 10.9. The van der Waals surface area contributed by atoms with Gasteiger partial charge in [0, 0.05) is 26.1 Å². The second-order valence-corrected chi connectivity index (χ2v) is 5.61. The van der Waals surface area contributed by atoms with Gasteiger partial charge in [0.15, 0.2) is 6.29 Å². The molecule has 0 amide bonds. The van der Waals surface area contributed by atoms with Gasteiger partial charge in [-0.05, 0) is 37.7 Å². The third-order valence-electron chi connectivity index (χ3n) is 3.74. The van der Waals surface area contributed by atoms with Crippen molar-refractivity contribution >= 4 is 0 Å². The van der Waals surface area contributed by atoms with Crippen molar-refractivity contribution in [2.75, 3.05) is 13.2 Å². The highest BCUT2D eigenvalue weighted by molar-refractivity contribution is 5.19. The zero-order chi connectivity index (χ0) is 15.5. The van der Waals surface area contributed by atoms with Crippen LogP contribution in [0.1, 0.15) is 56.6 Å². The molecule has 2 atom stereocenters. The fourth-order valence-corrected chi connectivity index (χ4v) is 2.42. The molecule has 2 unspecified atom stereocenters. The van der Waals surface area contributed by atoms with Gasteiger partial charge in [-0.15, -0.1) is 11.8 Å². The van der Waals surface area contributed by atoms with Crippen molar-refractivity contribution < 1.29 is 14.6 Å². The first-order valence-electron chi connectivity index (χ1n) is 8.28. The number of rotatable bonds is 7. The van der Waals surface area contributed by atoms with Crippen LogP contribution in [0, 0.1) is 11.8 Å². The quantitative estimate of drug-likeness (QED) is 0.614. The summed E-state index contributed by atoms with van der Waals surface area (Å²) in [5.74, 6) is 6.19. The van der Waals surface area contributed by atoms with Crippen LogP contribution in [0.15, 0.2) is 30.3 Å². The zero-order valence-electron chi connectivity index (χ0n) is 13.2. The Kier molecular flexibility index (Phi) is 8.04. The molecule has 1 heterocycles. The van der Waals surface area contributed by atoms with Crippen molar-refractivity contribution in [2.24, 2.45) is 0 Å². The van der Waals surface area contributed by atoms with Crippen LogP contribution in [0.4, 0.5) is 0 Å². The molecule has 0 radical (unpaired) electrons. The first-order valence-corrected chi connectivity index (χ1v) is 8.28. The van der Waals surface area contributed by atoms with E-state index in [-0.39, 0.29) is 6.29 Å². The van der Waals surface area contributed by atoms with Gasteiger partial charge < -0.3 is 14.6 Å². The molecule has 1 fully saturated rings. The minimum absolute atomic E-state index is 0.0147. The van der Waals surface area contributed by atoms with Crippen molar-refractivity contribution in [1.82, 2.24) is 0 Å². The summed E-state index contributed by atoms with van der Waals surface area (Å²) in [4.78, 5) is 0. The molecule has 0 aliphatic carbocycles. The van der Waals surface area contributed by atoms with E-state index in [2.05, 4.69) is 11.8 Å². The summed E-state index contributed by atoms with van der Waals surface area (Å²) in [6, 6.07) is 9.67. The van der Waals surface area contributed by atoms with Gasteiger partial charge >= 0.3 is 0 Å². The van der Waals surface area contributed by atoms with Crippen molar-refractivity contribution in [3.63, 3.8) is 0 Å². The van der Waals surface area contributed by atoms with Gasteiger partial charge in [-0.1, -0.05) is 30.3 Å². The maximum atomic E-state index is 9.97. The molecule has 1 aliphatic rings. The van der Waals surface area contributed by atoms with Crippen LogP contribution < -0.4 is 0 Å². The fourth-order valence-electron chi connectivity index (χ4n) is 2.42. The van der Waals surface area contributed by atoms with Crippen LogP contribution in [0.5, 0.6) is 0 Å². The summed E-state index contributed by atoms with van der Waals surface area (Å²) in [5.41, 5.74) is 0.928. The van der Waals surface area contributed by atoms with E-state index >= 15 is 0 Å². The lowest BCUT2D eigenvalue weighted by atomic mass is 10.1. The second kappa shape index (κ2) is 10.4. The summed E-state index contributed by atoms with van der Waals surface area (Å²) in [6.07, 6.45) is 6.31. The first kappa shape index (κ1) is 17.0. The van der Waals surface area contributed by atoms with E-state index in [1.807, 2.05) is 30.3 Å². The molecule has 22 heavy (non-hydrogen) atoms. The van der Waals surface area contributed by atoms with Gasteiger partial charge in [-0.2, -0.15) is 0 Å². The Bertz CT molecular complexity index is 455. The predicted molar refractivity (Wildman–Crippen MR) is 87.2 cm³/mol. The van der Waals surface area contributed by atoms with Gasteiger partial charge in [0.2, 0.25) is 0 Å². The average Bonchev–Trinajstić information content (AvgIpc) is 2.59. The third kappa shape index (κ3) is 6.62. The Morgan fingerprint density at radius 1 is 1.18 bits per heavy atom. The van der Waals surface area contributed by atoms with Crippen LogP contribution in [0.3, 0.4) is 0 Å². The minimum Gasteiger partial charge on any atom is -0.387 e. The van der Waals surface area contributed by atoms with Crippen LogP contribution in [-0.2, 0) is 9.47 Å². The number of hydrogen-bond acceptors (Lipinski definition) is 3. The summed E-state index contributed by atoms with van der Waals surface area (Å²) < 4.78 is 11.2. The molecule has 0 saturated carbocycles. The Morgan fingerprint density at radius 2 is 2.05 bits per heavy atom. The highest BCUT2D eigenvalue weighted by Crippen LogP contribution is 2.15. The molecule has 1 N–H and O–H groups in total. The molecule has 0 aromatic heterocycles. The smallest absolute Gasteiger partial charge is 0.157 e. The monoisotopic (exact) mass is 302 g/mol. The minimum atomic E-state index is -0.486. The van der Waals surface area contributed by atoms with Crippen molar-refractivity contribution in [3.8, 4) is 11.8 Å². The lowest BCUT2D eigenvalue weighted by Gasteiger charge is -2.22. The Hall–Kier alpha value is -1.34. The van der Waals surface area contributed by atoms with E-state index in [4.69, 9.17) is 9.47 Å². The maximum absolute atomic E-state index is 9.97. The number of aliphatic hydroxyl groups is 1. The highest BCUT2D eigenvalue weighted by Gasteiger charge is 2.13. The summed E-state index contributed by atoms with van der Waals surface area (Å²) >= 11 is 0. The van der Waals surface area contributed by atoms with Gasteiger partial charge in [0.05, 0.1) is 6.10 Å². The lowest BCUT2D eigenvalue weighted by molar-refractivity contribution is -0.162. The van der Waals surface area contributed by atoms with Crippen molar-refractivity contribution in [1.29, 1.82) is 0 Å². The van der Waals surface area contributed by atoms with E-state index in [1.165, 1.54) is 6.42 Å². The van der Waals surface area contributed by atoms with Crippen molar-refractivity contribution in [2.45, 2.75) is 57.3 Å². The Labute approximate surface area is 133 Å². The van der Waals surface area contributed by atoms with E-state index in [9.17, 15) is 5.11 Å². The topological polar surface area (TPSA) is 38.7 Å². The van der Waals surface area contributed by atoms with Crippen molar-refractivity contribution in [3.05, 3.63) is 35.9 Å². The van der Waals surface area contributed by atoms with Crippen LogP contribution in [0.25, 0.3) is 0 Å². The number of ether oxygens (including phenoxy) is 2. The molecule has 1 aliphatic heterocycles. The average molecular weight is 302 g/mol. The molecular formula is C19H26O3. The number of hydrogen-bond donors (Lipinski definition) is 1. The van der Waals surface area contributed by atoms with Gasteiger partial charge in [0.25, 0.3) is 0 Å². The summed E-state index contributed by atoms with van der Waals surface area (Å²) in [7, 11) is 0. The number of aliphatic hydroxyl groups excluding tert-OH is 1. The third-order valence-corrected chi connectivity index (χ3v) is 3.74. The van der Waals surface area contributed by atoms with Gasteiger partial charge in [-0.25, -0.2) is 0 Å². The van der Waals surface area contributed by atoms with E-state index in [1.54, 1.807) is 0 Å². The van der Waals surface area contributed by atoms with Gasteiger partial charge in [0.1, 0.15) is 0 Å². The molecule has 1 aromatic carbocycles. The highest BCUT2D eigenvalue weighted by atomic mass is 16.7. The van der Waals surface area contributed by atoms with Crippen LogP contribution in [-0.4, -0.2) is 24.6 Å². The van der Waals surface area contributed by atoms with Gasteiger partial charge in [-0.3, -0.25) is 0 Å². The molecule has 0 bridgehead atoms. The molecule has 2 rings (SSSR count). The van der Waals surface area contributed by atoms with Crippen LogP contribution >= 0.6 is 0 Å². The maximum Gasteiger partial charge on any atom is 0.157 e. The van der Waals surface area contributed by atoms with E-state index < -0.39 is 6.10 Å². The molecule has 1 aromatic rings. The Morgan fingerprint density at radius 3 is 2.82 bits per heavy atom. The molecule has 120 valence electrons. The summed E-state index contributed by atoms with van der Waals surface area (Å²) in [5, 5.41) is 9.97. The van der Waals surface area contributed by atoms with E-state index in [0.29, 0.717) is 6.42 Å². The van der Waals surface area contributed by atoms with E-state index in [0.717, 1.165) is 50.9 Å². The Balaban J connectivity index is 1.50. The number of benzene rings is 1. The lowest BCUT2D eigenvalue weighted by Crippen LogP contribution is -2.22.